The highest BCUT2D eigenvalue weighted by atomic mass is 32.2. The Balaban J connectivity index is 1.88. The number of ether oxygens (including phenoxy) is 2. The third kappa shape index (κ3) is 6.09. The molecule has 3 aromatic rings. The summed E-state index contributed by atoms with van der Waals surface area (Å²) in [4.78, 5) is 11.3. The number of amides is 1. The van der Waals surface area contributed by atoms with Crippen LogP contribution >= 0.6 is 0 Å². The van der Waals surface area contributed by atoms with Crippen molar-refractivity contribution < 1.29 is 22.7 Å². The normalized spacial score (nSPS) is 12.1. The minimum atomic E-state index is -3.82. The van der Waals surface area contributed by atoms with Crippen LogP contribution < -0.4 is 19.5 Å². The van der Waals surface area contributed by atoms with Gasteiger partial charge in [-0.25, -0.2) is 13.1 Å². The molecular formula is C24H26N2O5S. The maximum Gasteiger partial charge on any atom is 0.241 e. The number of anilines is 1. The third-order valence-electron chi connectivity index (χ3n) is 4.90. The minimum absolute atomic E-state index is 0.111. The third-order valence-corrected chi connectivity index (χ3v) is 6.39. The average Bonchev–Trinajstić information content (AvgIpc) is 2.79. The molecule has 0 aliphatic rings. The van der Waals surface area contributed by atoms with Gasteiger partial charge in [0.1, 0.15) is 11.5 Å². The number of methoxy groups -OCH3 is 2. The SMILES string of the molecule is COc1ccc(CC(NS(=O)(=O)c2ccc(NC(C)=O)cc2)c2ccc(OC)cc2)cc1. The zero-order valence-electron chi connectivity index (χ0n) is 18.2. The molecule has 0 heterocycles. The molecule has 0 aliphatic heterocycles. The van der Waals surface area contributed by atoms with E-state index in [4.69, 9.17) is 9.47 Å². The van der Waals surface area contributed by atoms with E-state index in [1.165, 1.54) is 19.1 Å². The van der Waals surface area contributed by atoms with Crippen molar-refractivity contribution in [3.63, 3.8) is 0 Å². The zero-order chi connectivity index (χ0) is 23.1. The second kappa shape index (κ2) is 10.3. The molecule has 168 valence electrons. The van der Waals surface area contributed by atoms with E-state index >= 15 is 0 Å². The molecule has 7 nitrogen and oxygen atoms in total. The van der Waals surface area contributed by atoms with E-state index in [0.717, 1.165) is 16.9 Å². The highest BCUT2D eigenvalue weighted by Gasteiger charge is 2.22. The summed E-state index contributed by atoms with van der Waals surface area (Å²) in [6, 6.07) is 20.3. The van der Waals surface area contributed by atoms with Crippen molar-refractivity contribution in [2.24, 2.45) is 0 Å². The first kappa shape index (κ1) is 23.3. The Bertz CT molecular complexity index is 1140. The van der Waals surface area contributed by atoms with Crippen LogP contribution in [0, 0.1) is 0 Å². The second-order valence-electron chi connectivity index (χ2n) is 7.20. The minimum Gasteiger partial charge on any atom is -0.497 e. The molecule has 0 aromatic heterocycles. The summed E-state index contributed by atoms with van der Waals surface area (Å²) in [5.74, 6) is 1.20. The van der Waals surface area contributed by atoms with Crippen LogP contribution in [0.25, 0.3) is 0 Å². The maximum atomic E-state index is 13.1. The zero-order valence-corrected chi connectivity index (χ0v) is 19.0. The Hall–Kier alpha value is -3.36. The van der Waals surface area contributed by atoms with Crippen LogP contribution in [-0.4, -0.2) is 28.5 Å². The van der Waals surface area contributed by atoms with Gasteiger partial charge in [-0.2, -0.15) is 0 Å². The van der Waals surface area contributed by atoms with Gasteiger partial charge in [0.15, 0.2) is 0 Å². The number of benzene rings is 3. The summed E-state index contributed by atoms with van der Waals surface area (Å²) in [6.45, 7) is 1.39. The predicted octanol–water partition coefficient (Wildman–Crippen LogP) is 3.92. The smallest absolute Gasteiger partial charge is 0.241 e. The molecule has 0 radical (unpaired) electrons. The van der Waals surface area contributed by atoms with E-state index in [9.17, 15) is 13.2 Å². The van der Waals surface area contributed by atoms with Gasteiger partial charge in [0, 0.05) is 12.6 Å². The lowest BCUT2D eigenvalue weighted by Crippen LogP contribution is -2.30. The van der Waals surface area contributed by atoms with Crippen LogP contribution in [0.5, 0.6) is 11.5 Å². The highest BCUT2D eigenvalue weighted by Crippen LogP contribution is 2.25. The molecule has 0 fully saturated rings. The number of carbonyl (C=O) groups is 1. The summed E-state index contributed by atoms with van der Waals surface area (Å²) in [6.07, 6.45) is 0.444. The van der Waals surface area contributed by atoms with Crippen molar-refractivity contribution in [1.82, 2.24) is 4.72 Å². The highest BCUT2D eigenvalue weighted by molar-refractivity contribution is 7.89. The molecule has 3 rings (SSSR count). The largest absolute Gasteiger partial charge is 0.497 e. The van der Waals surface area contributed by atoms with Crippen LogP contribution in [0.2, 0.25) is 0 Å². The fourth-order valence-corrected chi connectivity index (χ4v) is 4.46. The van der Waals surface area contributed by atoms with Crippen LogP contribution in [0.15, 0.2) is 77.7 Å². The molecule has 1 atom stereocenters. The van der Waals surface area contributed by atoms with Gasteiger partial charge in [-0.15, -0.1) is 0 Å². The van der Waals surface area contributed by atoms with E-state index in [1.54, 1.807) is 38.5 Å². The second-order valence-corrected chi connectivity index (χ2v) is 8.92. The van der Waals surface area contributed by atoms with Crippen LogP contribution in [0.3, 0.4) is 0 Å². The summed E-state index contributed by atoms with van der Waals surface area (Å²) in [5, 5.41) is 2.63. The lowest BCUT2D eigenvalue weighted by molar-refractivity contribution is -0.114. The van der Waals surface area contributed by atoms with Gasteiger partial charge >= 0.3 is 0 Å². The van der Waals surface area contributed by atoms with Gasteiger partial charge in [-0.05, 0) is 66.1 Å². The topological polar surface area (TPSA) is 93.7 Å². The van der Waals surface area contributed by atoms with Crippen molar-refractivity contribution in [3.05, 3.63) is 83.9 Å². The van der Waals surface area contributed by atoms with E-state index < -0.39 is 16.1 Å². The average molecular weight is 455 g/mol. The van der Waals surface area contributed by atoms with Crippen LogP contribution in [-0.2, 0) is 21.2 Å². The molecule has 0 spiro atoms. The number of hydrogen-bond donors (Lipinski definition) is 2. The van der Waals surface area contributed by atoms with E-state index in [0.29, 0.717) is 17.9 Å². The molecule has 0 bridgehead atoms. The molecule has 32 heavy (non-hydrogen) atoms. The molecular weight excluding hydrogens is 428 g/mol. The lowest BCUT2D eigenvalue weighted by atomic mass is 9.99. The van der Waals surface area contributed by atoms with Crippen molar-refractivity contribution >= 4 is 21.6 Å². The Labute approximate surface area is 188 Å². The van der Waals surface area contributed by atoms with Crippen molar-refractivity contribution in [2.45, 2.75) is 24.3 Å². The number of nitrogens with one attached hydrogen (secondary N) is 2. The van der Waals surface area contributed by atoms with E-state index in [1.807, 2.05) is 36.4 Å². The quantitative estimate of drug-likeness (QED) is 0.511. The first-order valence-corrected chi connectivity index (χ1v) is 11.5. The summed E-state index contributed by atoms with van der Waals surface area (Å²) in [7, 11) is -0.642. The lowest BCUT2D eigenvalue weighted by Gasteiger charge is -2.20. The standard InChI is InChI=1S/C24H26N2O5S/c1-17(27)25-20-8-14-23(15-9-20)32(28,29)26-24(19-6-12-22(31-3)13-7-19)16-18-4-10-21(30-2)11-5-18/h4-15,24,26H,16H2,1-3H3,(H,25,27). The van der Waals surface area contributed by atoms with Crippen LogP contribution in [0.4, 0.5) is 5.69 Å². The number of rotatable bonds is 9. The van der Waals surface area contributed by atoms with Gasteiger partial charge in [-0.3, -0.25) is 4.79 Å². The number of sulfonamides is 1. The Kier molecular flexibility index (Phi) is 7.50. The molecule has 2 N–H and O–H groups in total. The van der Waals surface area contributed by atoms with Gasteiger partial charge in [0.05, 0.1) is 25.2 Å². The Morgan fingerprint density at radius 2 is 1.38 bits per heavy atom. The fraction of sp³-hybridized carbons (Fsp3) is 0.208. The summed E-state index contributed by atoms with van der Waals surface area (Å²) in [5.41, 5.74) is 2.29. The summed E-state index contributed by atoms with van der Waals surface area (Å²) < 4.78 is 39.5. The molecule has 1 unspecified atom stereocenters. The maximum absolute atomic E-state index is 13.1. The van der Waals surface area contributed by atoms with Crippen molar-refractivity contribution in [1.29, 1.82) is 0 Å². The van der Waals surface area contributed by atoms with Crippen molar-refractivity contribution in [3.8, 4) is 11.5 Å². The first-order valence-electron chi connectivity index (χ1n) is 9.97. The molecule has 1 amide bonds. The van der Waals surface area contributed by atoms with Gasteiger partial charge in [-0.1, -0.05) is 24.3 Å². The molecule has 8 heteroatoms. The Morgan fingerprint density at radius 3 is 1.88 bits per heavy atom. The molecule has 0 saturated carbocycles. The van der Waals surface area contributed by atoms with E-state index in [-0.39, 0.29) is 10.8 Å². The van der Waals surface area contributed by atoms with Gasteiger partial charge in [0.25, 0.3) is 0 Å². The summed E-state index contributed by atoms with van der Waals surface area (Å²) >= 11 is 0. The van der Waals surface area contributed by atoms with Crippen LogP contribution in [0.1, 0.15) is 24.1 Å². The predicted molar refractivity (Wildman–Crippen MR) is 124 cm³/mol. The van der Waals surface area contributed by atoms with E-state index in [2.05, 4.69) is 10.0 Å². The molecule has 0 aliphatic carbocycles. The number of carbonyl (C=O) groups excluding carboxylic acids is 1. The fourth-order valence-electron chi connectivity index (χ4n) is 3.24. The monoisotopic (exact) mass is 454 g/mol. The first-order chi connectivity index (χ1) is 15.3. The Morgan fingerprint density at radius 1 is 0.844 bits per heavy atom. The molecule has 0 saturated heterocycles. The molecule has 3 aromatic carbocycles. The van der Waals surface area contributed by atoms with Crippen molar-refractivity contribution in [2.75, 3.05) is 19.5 Å². The van der Waals surface area contributed by atoms with Gasteiger partial charge in [0.2, 0.25) is 15.9 Å². The van der Waals surface area contributed by atoms with Gasteiger partial charge < -0.3 is 14.8 Å². The number of hydrogen-bond acceptors (Lipinski definition) is 5.